The van der Waals surface area contributed by atoms with Gasteiger partial charge in [-0.3, -0.25) is 0 Å². The number of benzene rings is 2. The van der Waals surface area contributed by atoms with Gasteiger partial charge in [0.25, 0.3) is 6.33 Å². The van der Waals surface area contributed by atoms with Crippen LogP contribution in [0.5, 0.6) is 0 Å². The number of hydrogen-bond donors (Lipinski definition) is 0. The number of hydrogen-bond acceptors (Lipinski definition) is 2. The average molecular weight is 412 g/mol. The third-order valence-electron chi connectivity index (χ3n) is 4.45. The van der Waals surface area contributed by atoms with Crippen molar-refractivity contribution in [3.05, 3.63) is 72.8 Å². The molecule has 5 heteroatoms. The van der Waals surface area contributed by atoms with Crippen molar-refractivity contribution in [2.75, 3.05) is 0 Å². The third-order valence-corrected chi connectivity index (χ3v) is 4.45. The Kier molecular flexibility index (Phi) is 5.89. The van der Waals surface area contributed by atoms with Crippen LogP contribution in [0.15, 0.2) is 71.7 Å². The predicted molar refractivity (Wildman–Crippen MR) is 98.1 cm³/mol. The molecule has 0 bridgehead atoms. The van der Waals surface area contributed by atoms with E-state index in [1.165, 1.54) is 18.4 Å². The molecule has 4 rings (SSSR count). The van der Waals surface area contributed by atoms with Crippen molar-refractivity contribution < 1.29 is 26.0 Å². The molecule has 0 saturated carbocycles. The maximum Gasteiger partial charge on any atom is 0.265 e. The van der Waals surface area contributed by atoms with Crippen LogP contribution in [-0.2, 0) is 13.1 Å². The van der Waals surface area contributed by atoms with E-state index in [9.17, 15) is 0 Å². The predicted octanol–water partition coefficient (Wildman–Crippen LogP) is 1.44. The lowest BCUT2D eigenvalue weighted by Crippen LogP contribution is -3.00. The van der Waals surface area contributed by atoms with Crippen LogP contribution in [0.1, 0.15) is 25.3 Å². The van der Waals surface area contributed by atoms with E-state index in [2.05, 4.69) is 47.2 Å². The van der Waals surface area contributed by atoms with Gasteiger partial charge in [-0.2, -0.15) is 0 Å². The van der Waals surface area contributed by atoms with Crippen LogP contribution in [0.4, 0.5) is 0 Å². The standard InChI is InChI=1S/C21H22N3O.BrH/c1-2-3-13-23-15-22-24(16-23)14-19-18-11-7-8-12-20(18)25-21(19)17-9-5-4-6-10-17;/h4-12,15-16H,2-3,13-14H2,1H3;1H/q+1;/p-1. The average Bonchev–Trinajstić information content (AvgIpc) is 3.26. The van der Waals surface area contributed by atoms with Gasteiger partial charge in [-0.15, -0.1) is 4.68 Å². The summed E-state index contributed by atoms with van der Waals surface area (Å²) < 4.78 is 10.3. The van der Waals surface area contributed by atoms with Crippen molar-refractivity contribution >= 4 is 11.0 Å². The van der Waals surface area contributed by atoms with Gasteiger partial charge in [-0.05, 0) is 12.5 Å². The van der Waals surface area contributed by atoms with Crippen LogP contribution in [0.2, 0.25) is 0 Å². The monoisotopic (exact) mass is 411 g/mol. The summed E-state index contributed by atoms with van der Waals surface area (Å²) in [5.41, 5.74) is 3.19. The van der Waals surface area contributed by atoms with E-state index < -0.39 is 0 Å². The molecule has 4 aromatic rings. The number of fused-ring (bicyclic) bond motifs is 1. The molecule has 0 aliphatic carbocycles. The summed E-state index contributed by atoms with van der Waals surface area (Å²) in [7, 11) is 0. The first-order valence-corrected chi connectivity index (χ1v) is 8.82. The lowest BCUT2D eigenvalue weighted by molar-refractivity contribution is -0.698. The smallest absolute Gasteiger partial charge is 0.265 e. The summed E-state index contributed by atoms with van der Waals surface area (Å²) in [5, 5.41) is 5.67. The summed E-state index contributed by atoms with van der Waals surface area (Å²) in [4.78, 5) is 0. The number of aromatic nitrogens is 3. The molecule has 2 heterocycles. The van der Waals surface area contributed by atoms with Crippen LogP contribution in [-0.4, -0.2) is 9.78 Å². The number of aryl methyl sites for hydroxylation is 1. The first-order chi connectivity index (χ1) is 12.3. The normalized spacial score (nSPS) is 10.8. The summed E-state index contributed by atoms with van der Waals surface area (Å²) in [5.74, 6) is 0.928. The minimum absolute atomic E-state index is 0. The third kappa shape index (κ3) is 3.73. The Hall–Kier alpha value is -2.40. The Labute approximate surface area is 163 Å². The van der Waals surface area contributed by atoms with Crippen LogP contribution >= 0.6 is 0 Å². The van der Waals surface area contributed by atoms with Crippen molar-refractivity contribution in [3.8, 4) is 11.3 Å². The number of halogens is 1. The molecule has 2 aromatic heterocycles. The highest BCUT2D eigenvalue weighted by atomic mass is 79.9. The second-order valence-electron chi connectivity index (χ2n) is 6.31. The molecular weight excluding hydrogens is 390 g/mol. The van der Waals surface area contributed by atoms with Crippen molar-refractivity contribution in [1.29, 1.82) is 0 Å². The van der Waals surface area contributed by atoms with Crippen molar-refractivity contribution in [1.82, 2.24) is 9.78 Å². The van der Waals surface area contributed by atoms with E-state index in [1.54, 1.807) is 0 Å². The van der Waals surface area contributed by atoms with E-state index in [1.807, 2.05) is 41.3 Å². The molecule has 0 aliphatic heterocycles. The molecule has 0 saturated heterocycles. The molecule has 2 aromatic carbocycles. The minimum Gasteiger partial charge on any atom is -1.00 e. The number of nitrogens with zero attached hydrogens (tertiary/aromatic N) is 3. The molecule has 26 heavy (non-hydrogen) atoms. The first kappa shape index (κ1) is 18.4. The molecule has 134 valence electrons. The van der Waals surface area contributed by atoms with E-state index in [0.717, 1.165) is 28.8 Å². The van der Waals surface area contributed by atoms with Gasteiger partial charge in [-0.25, -0.2) is 4.57 Å². The second kappa shape index (κ2) is 8.32. The fourth-order valence-electron chi connectivity index (χ4n) is 3.14. The van der Waals surface area contributed by atoms with Crippen LogP contribution < -0.4 is 21.5 Å². The van der Waals surface area contributed by atoms with Gasteiger partial charge < -0.3 is 21.4 Å². The van der Waals surface area contributed by atoms with Gasteiger partial charge in [0, 0.05) is 21.6 Å². The lowest BCUT2D eigenvalue weighted by atomic mass is 10.1. The number of rotatable bonds is 6. The molecule has 0 amide bonds. The lowest BCUT2D eigenvalue weighted by Gasteiger charge is -2.00. The van der Waals surface area contributed by atoms with Gasteiger partial charge in [-0.1, -0.05) is 61.9 Å². The molecule has 0 spiro atoms. The largest absolute Gasteiger partial charge is 1.00 e. The van der Waals surface area contributed by atoms with Crippen molar-refractivity contribution in [2.24, 2.45) is 0 Å². The van der Waals surface area contributed by atoms with E-state index in [0.29, 0.717) is 6.54 Å². The van der Waals surface area contributed by atoms with Crippen molar-refractivity contribution in [2.45, 2.75) is 32.9 Å². The molecule has 0 aliphatic rings. The Morgan fingerprint density at radius 3 is 2.62 bits per heavy atom. The van der Waals surface area contributed by atoms with E-state index in [-0.39, 0.29) is 17.0 Å². The molecule has 0 radical (unpaired) electrons. The molecule has 0 atom stereocenters. The molecule has 4 nitrogen and oxygen atoms in total. The molecule has 0 unspecified atom stereocenters. The molecule has 0 N–H and O–H groups in total. The maximum absolute atomic E-state index is 6.18. The fraction of sp³-hybridized carbons (Fsp3) is 0.238. The summed E-state index contributed by atoms with van der Waals surface area (Å²) >= 11 is 0. The van der Waals surface area contributed by atoms with E-state index >= 15 is 0 Å². The first-order valence-electron chi connectivity index (χ1n) is 8.82. The minimum atomic E-state index is 0. The summed E-state index contributed by atoms with van der Waals surface area (Å²) in [6, 6.07) is 18.5. The number of furan rings is 1. The number of unbranched alkanes of at least 4 members (excludes halogenated alkanes) is 1. The number of para-hydroxylation sites is 1. The maximum atomic E-state index is 6.18. The van der Waals surface area contributed by atoms with Gasteiger partial charge in [0.1, 0.15) is 17.9 Å². The van der Waals surface area contributed by atoms with Crippen LogP contribution in [0.25, 0.3) is 22.3 Å². The summed E-state index contributed by atoms with van der Waals surface area (Å²) in [6.45, 7) is 3.91. The Morgan fingerprint density at radius 1 is 1.04 bits per heavy atom. The highest BCUT2D eigenvalue weighted by molar-refractivity contribution is 5.87. The highest BCUT2D eigenvalue weighted by Crippen LogP contribution is 2.33. The van der Waals surface area contributed by atoms with Crippen LogP contribution in [0, 0.1) is 0 Å². The van der Waals surface area contributed by atoms with Gasteiger partial charge in [0.2, 0.25) is 6.33 Å². The fourth-order valence-corrected chi connectivity index (χ4v) is 3.14. The van der Waals surface area contributed by atoms with Crippen molar-refractivity contribution in [3.63, 3.8) is 0 Å². The molecule has 0 fully saturated rings. The highest BCUT2D eigenvalue weighted by Gasteiger charge is 2.18. The zero-order valence-electron chi connectivity index (χ0n) is 14.8. The summed E-state index contributed by atoms with van der Waals surface area (Å²) in [6.07, 6.45) is 6.33. The zero-order chi connectivity index (χ0) is 17.1. The van der Waals surface area contributed by atoms with Gasteiger partial charge in [0.05, 0.1) is 6.54 Å². The molecular formula is C21H22BrN3O. The second-order valence-corrected chi connectivity index (χ2v) is 6.31. The zero-order valence-corrected chi connectivity index (χ0v) is 16.4. The van der Waals surface area contributed by atoms with E-state index in [4.69, 9.17) is 4.42 Å². The Morgan fingerprint density at radius 2 is 1.81 bits per heavy atom. The Bertz CT molecular complexity index is 975. The quantitative estimate of drug-likeness (QED) is 0.450. The topological polar surface area (TPSA) is 34.8 Å². The van der Waals surface area contributed by atoms with Gasteiger partial charge >= 0.3 is 0 Å². The van der Waals surface area contributed by atoms with Gasteiger partial charge in [0.15, 0.2) is 0 Å². The SMILES string of the molecule is CCCC[n+]1cnn(Cc2c(-c3ccccc3)oc3ccccc23)c1.[Br-]. The Balaban J connectivity index is 0.00000196. The van der Waals surface area contributed by atoms with Crippen LogP contribution in [0.3, 0.4) is 0 Å².